The maximum atomic E-state index is 11.3. The third-order valence-electron chi connectivity index (χ3n) is 1.91. The monoisotopic (exact) mass is 241 g/mol. The van der Waals surface area contributed by atoms with Gasteiger partial charge in [0.05, 0.1) is 5.75 Å². The van der Waals surface area contributed by atoms with Crippen molar-refractivity contribution in [2.24, 2.45) is 0 Å². The summed E-state index contributed by atoms with van der Waals surface area (Å²) < 4.78 is 22.5. The highest BCUT2D eigenvalue weighted by atomic mass is 35.5. The molecule has 0 bridgehead atoms. The van der Waals surface area contributed by atoms with Crippen LogP contribution in [-0.2, 0) is 9.84 Å². The number of hydrogen-bond donors (Lipinski definition) is 1. The molecule has 86 valence electrons. The van der Waals surface area contributed by atoms with E-state index >= 15 is 0 Å². The van der Waals surface area contributed by atoms with Gasteiger partial charge >= 0.3 is 0 Å². The lowest BCUT2D eigenvalue weighted by molar-refractivity contribution is 0.588. The zero-order chi connectivity index (χ0) is 11.0. The fraction of sp³-hybridized carbons (Fsp3) is 1.00. The highest BCUT2D eigenvalue weighted by Gasteiger charge is 2.08. The largest absolute Gasteiger partial charge is 0.314 e. The van der Waals surface area contributed by atoms with Crippen molar-refractivity contribution in [2.75, 3.05) is 24.6 Å². The van der Waals surface area contributed by atoms with Gasteiger partial charge in [-0.1, -0.05) is 13.8 Å². The molecule has 0 aromatic heterocycles. The Morgan fingerprint density at radius 1 is 1.29 bits per heavy atom. The van der Waals surface area contributed by atoms with Crippen LogP contribution in [0.1, 0.15) is 26.7 Å². The fourth-order valence-corrected chi connectivity index (χ4v) is 2.43. The predicted molar refractivity (Wildman–Crippen MR) is 61.7 cm³/mol. The minimum Gasteiger partial charge on any atom is -0.314 e. The third-order valence-corrected chi connectivity index (χ3v) is 4.23. The van der Waals surface area contributed by atoms with E-state index in [2.05, 4.69) is 5.32 Å². The molecule has 0 rings (SSSR count). The molecule has 0 heterocycles. The molecule has 0 aliphatic rings. The summed E-state index contributed by atoms with van der Waals surface area (Å²) in [5, 5.41) is 3.14. The lowest BCUT2D eigenvalue weighted by Crippen LogP contribution is -2.29. The Morgan fingerprint density at radius 3 is 2.43 bits per heavy atom. The maximum absolute atomic E-state index is 11.3. The van der Waals surface area contributed by atoms with Gasteiger partial charge < -0.3 is 5.32 Å². The van der Waals surface area contributed by atoms with Crippen LogP contribution in [0.5, 0.6) is 0 Å². The Bertz CT molecular complexity index is 229. The Kier molecular flexibility index (Phi) is 7.59. The first-order valence-corrected chi connectivity index (χ1v) is 7.32. The molecule has 0 amide bonds. The first kappa shape index (κ1) is 14.2. The van der Waals surface area contributed by atoms with Crippen LogP contribution < -0.4 is 5.32 Å². The molecule has 0 aliphatic carbocycles. The average Bonchev–Trinajstić information content (AvgIpc) is 2.12. The molecule has 0 spiro atoms. The van der Waals surface area contributed by atoms with Gasteiger partial charge in [-0.3, -0.25) is 0 Å². The van der Waals surface area contributed by atoms with Gasteiger partial charge in [0.2, 0.25) is 0 Å². The van der Waals surface area contributed by atoms with Crippen LogP contribution in [-0.4, -0.2) is 38.4 Å². The Morgan fingerprint density at radius 2 is 1.93 bits per heavy atom. The first-order chi connectivity index (χ1) is 6.52. The van der Waals surface area contributed by atoms with Gasteiger partial charge in [-0.2, -0.15) is 0 Å². The molecule has 14 heavy (non-hydrogen) atoms. The molecular formula is C9H20ClNO2S. The van der Waals surface area contributed by atoms with E-state index in [4.69, 9.17) is 11.6 Å². The second kappa shape index (κ2) is 7.49. The molecule has 1 unspecified atom stereocenters. The van der Waals surface area contributed by atoms with Crippen molar-refractivity contribution in [3.05, 3.63) is 0 Å². The van der Waals surface area contributed by atoms with E-state index in [-0.39, 0.29) is 16.9 Å². The molecule has 3 nitrogen and oxygen atoms in total. The lowest BCUT2D eigenvalue weighted by Gasteiger charge is -2.08. The smallest absolute Gasteiger partial charge is 0.151 e. The lowest BCUT2D eigenvalue weighted by atomic mass is 10.3. The van der Waals surface area contributed by atoms with Crippen molar-refractivity contribution in [1.29, 1.82) is 0 Å². The zero-order valence-electron chi connectivity index (χ0n) is 8.92. The number of rotatable bonds is 8. The maximum Gasteiger partial charge on any atom is 0.151 e. The normalized spacial score (nSPS) is 14.2. The molecule has 0 aliphatic heterocycles. The van der Waals surface area contributed by atoms with E-state index < -0.39 is 9.84 Å². The van der Waals surface area contributed by atoms with Crippen LogP contribution in [0.15, 0.2) is 0 Å². The van der Waals surface area contributed by atoms with Crippen LogP contribution in [0.25, 0.3) is 0 Å². The number of nitrogens with one attached hydrogen (secondary N) is 1. The Hall–Kier alpha value is 0.200. The van der Waals surface area contributed by atoms with Crippen LogP contribution in [0.3, 0.4) is 0 Å². The number of sulfone groups is 1. The van der Waals surface area contributed by atoms with Gasteiger partial charge in [-0.15, -0.1) is 11.6 Å². The second-order valence-electron chi connectivity index (χ2n) is 3.36. The van der Waals surface area contributed by atoms with Gasteiger partial charge in [-0.25, -0.2) is 8.42 Å². The van der Waals surface area contributed by atoms with Crippen LogP contribution >= 0.6 is 11.6 Å². The summed E-state index contributed by atoms with van der Waals surface area (Å²) in [4.78, 5) is 0. The molecule has 0 saturated carbocycles. The summed E-state index contributed by atoms with van der Waals surface area (Å²) in [6, 6.07) is 0. The molecule has 5 heteroatoms. The third kappa shape index (κ3) is 7.59. The van der Waals surface area contributed by atoms with Crippen molar-refractivity contribution >= 4 is 21.4 Å². The molecule has 0 radical (unpaired) electrons. The Labute approximate surface area is 92.1 Å². The standard InChI is InChI=1S/C9H20ClNO2S/c1-3-6-14(12,13)7-5-11-8-9(10)4-2/h9,11H,3-8H2,1-2H3. The van der Waals surface area contributed by atoms with Crippen LogP contribution in [0, 0.1) is 0 Å². The second-order valence-corrected chi connectivity index (χ2v) is 6.28. The van der Waals surface area contributed by atoms with Crippen molar-refractivity contribution in [1.82, 2.24) is 5.32 Å². The minimum absolute atomic E-state index is 0.101. The fourth-order valence-electron chi connectivity index (χ4n) is 1.04. The zero-order valence-corrected chi connectivity index (χ0v) is 10.5. The van der Waals surface area contributed by atoms with E-state index in [1.54, 1.807) is 0 Å². The van der Waals surface area contributed by atoms with Crippen molar-refractivity contribution in [2.45, 2.75) is 32.1 Å². The van der Waals surface area contributed by atoms with Gasteiger partial charge in [0.1, 0.15) is 0 Å². The SMILES string of the molecule is CCCS(=O)(=O)CCNCC(Cl)CC. The van der Waals surface area contributed by atoms with Gasteiger partial charge in [0, 0.05) is 24.2 Å². The van der Waals surface area contributed by atoms with Crippen LogP contribution in [0.4, 0.5) is 0 Å². The van der Waals surface area contributed by atoms with E-state index in [0.717, 1.165) is 6.42 Å². The predicted octanol–water partition coefficient (Wildman–Crippen LogP) is 1.42. The molecule has 0 aromatic rings. The van der Waals surface area contributed by atoms with Crippen molar-refractivity contribution in [3.63, 3.8) is 0 Å². The molecule has 0 fully saturated rings. The highest BCUT2D eigenvalue weighted by molar-refractivity contribution is 7.91. The van der Waals surface area contributed by atoms with E-state index in [1.165, 1.54) is 0 Å². The van der Waals surface area contributed by atoms with Gasteiger partial charge in [0.15, 0.2) is 9.84 Å². The van der Waals surface area contributed by atoms with Crippen molar-refractivity contribution in [3.8, 4) is 0 Å². The topological polar surface area (TPSA) is 46.2 Å². The minimum atomic E-state index is -2.84. The summed E-state index contributed by atoms with van der Waals surface area (Å²) >= 11 is 5.86. The molecule has 1 N–H and O–H groups in total. The van der Waals surface area contributed by atoms with E-state index in [1.807, 2.05) is 13.8 Å². The summed E-state index contributed by atoms with van der Waals surface area (Å²) in [5.74, 6) is 0.501. The van der Waals surface area contributed by atoms with E-state index in [9.17, 15) is 8.42 Å². The quantitative estimate of drug-likeness (QED) is 0.517. The molecular weight excluding hydrogens is 222 g/mol. The summed E-state index contributed by atoms with van der Waals surface area (Å²) in [5.41, 5.74) is 0. The molecule has 0 saturated heterocycles. The summed E-state index contributed by atoms with van der Waals surface area (Å²) in [7, 11) is -2.84. The van der Waals surface area contributed by atoms with E-state index in [0.29, 0.717) is 19.5 Å². The summed E-state index contributed by atoms with van der Waals surface area (Å²) in [6.07, 6.45) is 1.59. The van der Waals surface area contributed by atoms with Crippen molar-refractivity contribution < 1.29 is 8.42 Å². The summed E-state index contributed by atoms with van der Waals surface area (Å²) in [6.45, 7) is 5.06. The molecule has 1 atom stereocenters. The van der Waals surface area contributed by atoms with Gasteiger partial charge in [-0.05, 0) is 12.8 Å². The highest BCUT2D eigenvalue weighted by Crippen LogP contribution is 1.98. The van der Waals surface area contributed by atoms with Gasteiger partial charge in [0.25, 0.3) is 0 Å². The molecule has 0 aromatic carbocycles. The average molecular weight is 242 g/mol. The number of halogens is 1. The number of alkyl halides is 1. The van der Waals surface area contributed by atoms with Crippen LogP contribution in [0.2, 0.25) is 0 Å². The Balaban J connectivity index is 3.54. The number of hydrogen-bond acceptors (Lipinski definition) is 3. The first-order valence-electron chi connectivity index (χ1n) is 5.07.